The summed E-state index contributed by atoms with van der Waals surface area (Å²) in [6.07, 6.45) is 1.60. The van der Waals surface area contributed by atoms with Crippen LogP contribution >= 0.6 is 0 Å². The van der Waals surface area contributed by atoms with E-state index in [9.17, 15) is 0 Å². The molecule has 3 heteroatoms. The van der Waals surface area contributed by atoms with Crippen LogP contribution in [0.1, 0.15) is 0 Å². The minimum Gasteiger partial charge on any atom is -0.482 e. The van der Waals surface area contributed by atoms with E-state index >= 15 is 0 Å². The molecule has 0 bridgehead atoms. The van der Waals surface area contributed by atoms with E-state index in [0.717, 1.165) is 0 Å². The van der Waals surface area contributed by atoms with Gasteiger partial charge < -0.3 is 10.7 Å². The van der Waals surface area contributed by atoms with E-state index in [4.69, 9.17) is 5.73 Å². The maximum absolute atomic E-state index is 6.88. The molecule has 0 radical (unpaired) electrons. The van der Waals surface area contributed by atoms with Crippen LogP contribution in [-0.2, 0) is 25.8 Å². The van der Waals surface area contributed by atoms with Crippen molar-refractivity contribution < 1.29 is 25.8 Å². The zero-order chi connectivity index (χ0) is 5.11. The van der Waals surface area contributed by atoms with Gasteiger partial charge in [-0.2, -0.15) is 0 Å². The maximum Gasteiger partial charge on any atom is 0 e. The normalized spacial score (nSPS) is 7.50. The van der Waals surface area contributed by atoms with Gasteiger partial charge in [0.25, 0.3) is 0 Å². The Balaban J connectivity index is 0.000000490. The fourth-order valence-corrected chi connectivity index (χ4v) is 0.363. The minimum atomic E-state index is 0. The van der Waals surface area contributed by atoms with Crippen molar-refractivity contribution in [2.75, 3.05) is 0 Å². The largest absolute Gasteiger partial charge is 0.482 e. The standard InChI is InChI=1S/C5H5N2.Hf/c6-5-3-1-2-4-7-5;/h1-4H,(H-,6,7);/q-1;. The third-order valence-corrected chi connectivity index (χ3v) is 0.665. The second kappa shape index (κ2) is 3.78. The Morgan fingerprint density at radius 1 is 1.38 bits per heavy atom. The second-order valence-corrected chi connectivity index (χ2v) is 1.21. The molecule has 0 aliphatic heterocycles. The van der Waals surface area contributed by atoms with E-state index in [0.29, 0.717) is 5.82 Å². The van der Waals surface area contributed by atoms with Crippen molar-refractivity contribution in [2.24, 2.45) is 0 Å². The van der Waals surface area contributed by atoms with Crippen LogP contribution in [0.25, 0.3) is 5.73 Å². The van der Waals surface area contributed by atoms with Crippen LogP contribution in [0, 0.1) is 0 Å². The van der Waals surface area contributed by atoms with E-state index in [1.807, 2.05) is 0 Å². The van der Waals surface area contributed by atoms with Crippen molar-refractivity contribution >= 4 is 5.82 Å². The first kappa shape index (κ1) is 7.82. The molecule has 40 valence electrons. The van der Waals surface area contributed by atoms with Gasteiger partial charge in [0.05, 0.1) is 0 Å². The van der Waals surface area contributed by atoms with Crippen LogP contribution in [0.3, 0.4) is 0 Å². The predicted molar refractivity (Wildman–Crippen MR) is 28.2 cm³/mol. The van der Waals surface area contributed by atoms with Crippen molar-refractivity contribution in [1.82, 2.24) is 4.98 Å². The number of nitrogens with zero attached hydrogens (tertiary/aromatic N) is 1. The van der Waals surface area contributed by atoms with Crippen LogP contribution < -0.4 is 0 Å². The summed E-state index contributed by atoms with van der Waals surface area (Å²) in [6, 6.07) is 5.22. The number of rotatable bonds is 0. The van der Waals surface area contributed by atoms with Crippen molar-refractivity contribution in [2.45, 2.75) is 0 Å². The summed E-state index contributed by atoms with van der Waals surface area (Å²) in [7, 11) is 0. The molecule has 0 saturated heterocycles. The molecule has 1 heterocycles. The summed E-state index contributed by atoms with van der Waals surface area (Å²) in [5, 5.41) is 0. The number of nitrogens with one attached hydrogen (secondary N) is 1. The first-order valence-corrected chi connectivity index (χ1v) is 2.02. The Morgan fingerprint density at radius 3 is 2.38 bits per heavy atom. The molecule has 8 heavy (non-hydrogen) atoms. The SMILES string of the molecule is [Hf].[NH-]c1ccccn1. The van der Waals surface area contributed by atoms with Gasteiger partial charge >= 0.3 is 0 Å². The van der Waals surface area contributed by atoms with Gasteiger partial charge in [0.2, 0.25) is 0 Å². The van der Waals surface area contributed by atoms with Gasteiger partial charge in [-0.25, -0.2) is 0 Å². The second-order valence-electron chi connectivity index (χ2n) is 1.21. The Kier molecular flexibility index (Phi) is 3.69. The summed E-state index contributed by atoms with van der Waals surface area (Å²) in [5.74, 6) is 0.322. The van der Waals surface area contributed by atoms with Crippen LogP contribution in [0.4, 0.5) is 5.82 Å². The smallest absolute Gasteiger partial charge is 0 e. The number of hydrogen-bond acceptors (Lipinski definition) is 1. The molecule has 0 aliphatic rings. The van der Waals surface area contributed by atoms with Crippen molar-refractivity contribution in [1.29, 1.82) is 0 Å². The van der Waals surface area contributed by atoms with Crippen molar-refractivity contribution in [3.63, 3.8) is 0 Å². The Bertz CT molecular complexity index is 140. The summed E-state index contributed by atoms with van der Waals surface area (Å²) < 4.78 is 0. The van der Waals surface area contributed by atoms with Crippen LogP contribution in [0.2, 0.25) is 0 Å². The van der Waals surface area contributed by atoms with E-state index < -0.39 is 0 Å². The van der Waals surface area contributed by atoms with E-state index in [1.54, 1.807) is 24.4 Å². The molecule has 0 atom stereocenters. The van der Waals surface area contributed by atoms with Gasteiger partial charge in [0.15, 0.2) is 0 Å². The first-order valence-electron chi connectivity index (χ1n) is 2.02. The quantitative estimate of drug-likeness (QED) is 0.663. The van der Waals surface area contributed by atoms with Gasteiger partial charge in [0, 0.05) is 25.8 Å². The van der Waals surface area contributed by atoms with Gasteiger partial charge in [-0.1, -0.05) is 30.2 Å². The van der Waals surface area contributed by atoms with E-state index in [-0.39, 0.29) is 25.8 Å². The molecule has 2 nitrogen and oxygen atoms in total. The van der Waals surface area contributed by atoms with Crippen LogP contribution in [0.5, 0.6) is 0 Å². The third-order valence-electron chi connectivity index (χ3n) is 0.665. The molecule has 0 aromatic carbocycles. The average Bonchev–Trinajstić information content (AvgIpc) is 1.69. The summed E-state index contributed by atoms with van der Waals surface area (Å²) in [6.45, 7) is 0. The molecular weight excluding hydrogens is 267 g/mol. The zero-order valence-electron chi connectivity index (χ0n) is 4.26. The Hall–Kier alpha value is -0.180. The molecule has 0 amide bonds. The molecule has 0 fully saturated rings. The number of hydrogen-bond donors (Lipinski definition) is 0. The van der Waals surface area contributed by atoms with Crippen molar-refractivity contribution in [3.05, 3.63) is 30.1 Å². The molecule has 0 saturated carbocycles. The summed E-state index contributed by atoms with van der Waals surface area (Å²) >= 11 is 0. The Morgan fingerprint density at radius 2 is 2.12 bits per heavy atom. The molecule has 1 aromatic heterocycles. The molecule has 0 aliphatic carbocycles. The van der Waals surface area contributed by atoms with E-state index in [1.165, 1.54) is 0 Å². The molecular formula is C5H5HfN2-. The predicted octanol–water partition coefficient (Wildman–Crippen LogP) is 1.76. The molecule has 1 aromatic rings. The maximum atomic E-state index is 6.88. The molecule has 0 spiro atoms. The van der Waals surface area contributed by atoms with Gasteiger partial charge in [0.1, 0.15) is 0 Å². The van der Waals surface area contributed by atoms with Crippen LogP contribution in [0.15, 0.2) is 24.4 Å². The molecule has 1 N–H and O–H groups in total. The topological polar surface area (TPSA) is 36.7 Å². The molecule has 0 unspecified atom stereocenters. The van der Waals surface area contributed by atoms with Gasteiger partial charge in [-0.15, -0.1) is 0 Å². The van der Waals surface area contributed by atoms with Gasteiger partial charge in [-0.05, 0) is 0 Å². The monoisotopic (exact) mass is 273 g/mol. The van der Waals surface area contributed by atoms with E-state index in [2.05, 4.69) is 4.98 Å². The molecule has 1 rings (SSSR count). The number of pyridine rings is 1. The summed E-state index contributed by atoms with van der Waals surface area (Å²) in [5.41, 5.74) is 6.88. The fraction of sp³-hybridized carbons (Fsp3) is 0. The minimum absolute atomic E-state index is 0. The first-order chi connectivity index (χ1) is 3.39. The number of aromatic nitrogens is 1. The third kappa shape index (κ3) is 2.21. The van der Waals surface area contributed by atoms with Gasteiger partial charge in [-0.3, -0.25) is 0 Å². The van der Waals surface area contributed by atoms with Crippen molar-refractivity contribution in [3.8, 4) is 0 Å². The zero-order valence-corrected chi connectivity index (χ0v) is 7.85. The average molecular weight is 272 g/mol. The fourth-order valence-electron chi connectivity index (χ4n) is 0.363. The van der Waals surface area contributed by atoms with Crippen LogP contribution in [-0.4, -0.2) is 4.98 Å². The Labute approximate surface area is 66.9 Å². The summed E-state index contributed by atoms with van der Waals surface area (Å²) in [4.78, 5) is 3.65.